The third-order valence-electron chi connectivity index (χ3n) is 9.52. The van der Waals surface area contributed by atoms with Crippen molar-refractivity contribution < 1.29 is 23.4 Å². The zero-order valence-corrected chi connectivity index (χ0v) is 33.3. The number of halogens is 3. The molecular weight excluding hydrogens is 736 g/mol. The van der Waals surface area contributed by atoms with E-state index >= 15 is 0 Å². The molecule has 0 N–H and O–H groups in total. The van der Waals surface area contributed by atoms with Gasteiger partial charge in [0, 0.05) is 57.0 Å². The highest BCUT2D eigenvalue weighted by molar-refractivity contribution is 6.32. The summed E-state index contributed by atoms with van der Waals surface area (Å²) in [5.41, 5.74) is 7.91. The molecule has 1 aromatic heterocycles. The number of carbonyl (C=O) groups is 1. The lowest BCUT2D eigenvalue weighted by Gasteiger charge is -2.37. The van der Waals surface area contributed by atoms with E-state index in [9.17, 15) is 9.18 Å². The van der Waals surface area contributed by atoms with E-state index in [0.717, 1.165) is 79.1 Å². The molecule has 1 fully saturated rings. The van der Waals surface area contributed by atoms with Gasteiger partial charge in [-0.05, 0) is 101 Å². The van der Waals surface area contributed by atoms with Gasteiger partial charge in [-0.25, -0.2) is 9.37 Å². The molecule has 7 nitrogen and oxygen atoms in total. The number of aryl methyl sites for hydroxylation is 2. The van der Waals surface area contributed by atoms with Crippen LogP contribution in [-0.4, -0.2) is 53.9 Å². The summed E-state index contributed by atoms with van der Waals surface area (Å²) in [5, 5.41) is 0.416. The molecular formula is C45H48Cl2FN3O4. The standard InChI is InChI=1S/C45H47ClFN3O4.ClH/c1-31(2)37-9-11-40(12-10-37)52-22-16-34-5-7-35(8-6-34)29-49-17-19-50(20-18-49)43(15-21-51)38-25-33(4)45(42(46)27-38)54-44-14-13-41(28-48-44)53-30-36-23-32(3)24-39(47)26-36;/h5-15,21,23-28,31H,16-20,22,29-30H2,1-4H3;1H/b43-15+;. The molecule has 0 aliphatic carbocycles. The molecule has 1 aliphatic heterocycles. The van der Waals surface area contributed by atoms with Gasteiger partial charge in [0.25, 0.3) is 0 Å². The van der Waals surface area contributed by atoms with Gasteiger partial charge >= 0.3 is 0 Å². The molecule has 5 aromatic rings. The number of ether oxygens (including phenoxy) is 3. The van der Waals surface area contributed by atoms with Crippen LogP contribution in [0.1, 0.15) is 58.7 Å². The molecule has 0 radical (unpaired) electrons. The van der Waals surface area contributed by atoms with Crippen LogP contribution in [0.2, 0.25) is 5.02 Å². The Bertz CT molecular complexity index is 2000. The van der Waals surface area contributed by atoms with Crippen LogP contribution in [0.25, 0.3) is 5.70 Å². The molecule has 0 bridgehead atoms. The lowest BCUT2D eigenvalue weighted by molar-refractivity contribution is -0.104. The number of carbonyl (C=O) groups excluding carboxylic acids is 1. The van der Waals surface area contributed by atoms with Crippen molar-refractivity contribution in [3.8, 4) is 23.1 Å². The largest absolute Gasteiger partial charge is 0.493 e. The number of pyridine rings is 1. The van der Waals surface area contributed by atoms with Crippen LogP contribution in [0, 0.1) is 19.7 Å². The fourth-order valence-corrected chi connectivity index (χ4v) is 6.89. The van der Waals surface area contributed by atoms with Crippen LogP contribution in [0.4, 0.5) is 4.39 Å². The molecule has 0 atom stereocenters. The van der Waals surface area contributed by atoms with E-state index in [4.69, 9.17) is 25.8 Å². The lowest BCUT2D eigenvalue weighted by atomic mass is 10.0. The first-order chi connectivity index (χ1) is 26.1. The predicted octanol–water partition coefficient (Wildman–Crippen LogP) is 10.4. The zero-order valence-electron chi connectivity index (χ0n) is 31.8. The van der Waals surface area contributed by atoms with Crippen LogP contribution >= 0.6 is 24.0 Å². The summed E-state index contributed by atoms with van der Waals surface area (Å²) in [6, 6.07) is 29.2. The Hall–Kier alpha value is -4.89. The second-order valence-electron chi connectivity index (χ2n) is 14.1. The van der Waals surface area contributed by atoms with E-state index < -0.39 is 0 Å². The van der Waals surface area contributed by atoms with Crippen molar-refractivity contribution in [1.29, 1.82) is 0 Å². The fourth-order valence-electron chi connectivity index (χ4n) is 6.59. The SMILES string of the molecule is Cc1cc(F)cc(COc2ccc(Oc3c(C)cc(/C(=C\C=O)N4CCN(Cc5ccc(CCOc6ccc(C(C)C)cc6)cc5)CC4)cc3Cl)nc2)c1.Cl. The number of hydrogen-bond acceptors (Lipinski definition) is 7. The van der Waals surface area contributed by atoms with Crippen molar-refractivity contribution in [3.63, 3.8) is 0 Å². The Balaban J connectivity index is 0.00000580. The Kier molecular flexibility index (Phi) is 14.7. The molecule has 10 heteroatoms. The highest BCUT2D eigenvalue weighted by atomic mass is 35.5. The molecule has 0 spiro atoms. The van der Waals surface area contributed by atoms with Crippen molar-refractivity contribution in [2.45, 2.75) is 53.2 Å². The molecule has 288 valence electrons. The van der Waals surface area contributed by atoms with Crippen molar-refractivity contribution in [2.75, 3.05) is 32.8 Å². The molecule has 1 saturated heterocycles. The van der Waals surface area contributed by atoms with Crippen LogP contribution in [0.15, 0.2) is 103 Å². The molecule has 1 aliphatic rings. The number of piperazine rings is 1. The van der Waals surface area contributed by atoms with Gasteiger partial charge in [-0.15, -0.1) is 12.4 Å². The van der Waals surface area contributed by atoms with Crippen LogP contribution in [-0.2, 0) is 24.4 Å². The second-order valence-corrected chi connectivity index (χ2v) is 14.5. The van der Waals surface area contributed by atoms with Crippen molar-refractivity contribution in [3.05, 3.63) is 153 Å². The second kappa shape index (κ2) is 19.6. The minimum atomic E-state index is -0.291. The number of aldehydes is 1. The zero-order chi connectivity index (χ0) is 38.0. The first-order valence-corrected chi connectivity index (χ1v) is 18.8. The first-order valence-electron chi connectivity index (χ1n) is 18.4. The quantitative estimate of drug-likeness (QED) is 0.0774. The highest BCUT2D eigenvalue weighted by Crippen LogP contribution is 2.36. The van der Waals surface area contributed by atoms with Gasteiger partial charge in [0.05, 0.1) is 17.8 Å². The average Bonchev–Trinajstić information content (AvgIpc) is 3.16. The summed E-state index contributed by atoms with van der Waals surface area (Å²) in [5.74, 6) is 2.50. The van der Waals surface area contributed by atoms with E-state index in [0.29, 0.717) is 34.9 Å². The van der Waals surface area contributed by atoms with Gasteiger partial charge in [-0.3, -0.25) is 9.69 Å². The van der Waals surface area contributed by atoms with E-state index in [2.05, 4.69) is 77.2 Å². The smallest absolute Gasteiger partial charge is 0.219 e. The normalized spacial score (nSPS) is 13.4. The van der Waals surface area contributed by atoms with Crippen molar-refractivity contribution in [2.24, 2.45) is 0 Å². The number of aromatic nitrogens is 1. The van der Waals surface area contributed by atoms with Gasteiger partial charge in [0.15, 0.2) is 5.75 Å². The maximum absolute atomic E-state index is 13.7. The molecule has 4 aromatic carbocycles. The maximum atomic E-state index is 13.7. The Morgan fingerprint density at radius 2 is 1.56 bits per heavy atom. The minimum Gasteiger partial charge on any atom is -0.493 e. The van der Waals surface area contributed by atoms with Gasteiger partial charge in [0.1, 0.15) is 30.2 Å². The van der Waals surface area contributed by atoms with Crippen LogP contribution in [0.3, 0.4) is 0 Å². The van der Waals surface area contributed by atoms with Gasteiger partial charge in [-0.1, -0.05) is 67.9 Å². The molecule has 2 heterocycles. The third kappa shape index (κ3) is 11.6. The predicted molar refractivity (Wildman–Crippen MR) is 220 cm³/mol. The third-order valence-corrected chi connectivity index (χ3v) is 9.80. The summed E-state index contributed by atoms with van der Waals surface area (Å²) in [6.07, 6.45) is 4.85. The van der Waals surface area contributed by atoms with E-state index in [1.54, 1.807) is 24.4 Å². The number of benzene rings is 4. The summed E-state index contributed by atoms with van der Waals surface area (Å²) in [7, 11) is 0. The van der Waals surface area contributed by atoms with Crippen LogP contribution in [0.5, 0.6) is 23.1 Å². The Morgan fingerprint density at radius 3 is 2.20 bits per heavy atom. The molecule has 55 heavy (non-hydrogen) atoms. The topological polar surface area (TPSA) is 64.1 Å². The molecule has 6 rings (SSSR count). The summed E-state index contributed by atoms with van der Waals surface area (Å²) in [4.78, 5) is 20.8. The average molecular weight is 785 g/mol. The van der Waals surface area contributed by atoms with Crippen molar-refractivity contribution in [1.82, 2.24) is 14.8 Å². The minimum absolute atomic E-state index is 0. The van der Waals surface area contributed by atoms with Gasteiger partial charge < -0.3 is 19.1 Å². The van der Waals surface area contributed by atoms with E-state index in [1.165, 1.54) is 28.8 Å². The number of allylic oxidation sites excluding steroid dienone is 1. The summed E-state index contributed by atoms with van der Waals surface area (Å²) < 4.78 is 31.6. The number of hydrogen-bond donors (Lipinski definition) is 0. The first kappa shape index (κ1) is 41.3. The monoisotopic (exact) mass is 783 g/mol. The molecule has 0 unspecified atom stereocenters. The number of rotatable bonds is 15. The van der Waals surface area contributed by atoms with Gasteiger partial charge in [-0.2, -0.15) is 0 Å². The summed E-state index contributed by atoms with van der Waals surface area (Å²) >= 11 is 6.78. The Morgan fingerprint density at radius 1 is 0.855 bits per heavy atom. The Labute approximate surface area is 335 Å². The fraction of sp³-hybridized carbons (Fsp3) is 0.289. The molecule has 0 saturated carbocycles. The van der Waals surface area contributed by atoms with Crippen LogP contribution < -0.4 is 14.2 Å². The lowest BCUT2D eigenvalue weighted by Crippen LogP contribution is -2.45. The molecule has 0 amide bonds. The van der Waals surface area contributed by atoms with Gasteiger partial charge in [0.2, 0.25) is 5.88 Å². The number of nitrogens with zero attached hydrogens (tertiary/aromatic N) is 3. The van der Waals surface area contributed by atoms with E-state index in [1.807, 2.05) is 32.0 Å². The van der Waals surface area contributed by atoms with E-state index in [-0.39, 0.29) is 24.8 Å². The highest BCUT2D eigenvalue weighted by Gasteiger charge is 2.22. The maximum Gasteiger partial charge on any atom is 0.219 e. The van der Waals surface area contributed by atoms with Crippen molar-refractivity contribution >= 4 is 36.0 Å². The summed E-state index contributed by atoms with van der Waals surface area (Å²) in [6.45, 7) is 13.2.